The van der Waals surface area contributed by atoms with Crippen molar-refractivity contribution in [1.82, 2.24) is 9.88 Å². The predicted molar refractivity (Wildman–Crippen MR) is 81.2 cm³/mol. The quantitative estimate of drug-likeness (QED) is 0.927. The van der Waals surface area contributed by atoms with Gasteiger partial charge in [-0.1, -0.05) is 0 Å². The van der Waals surface area contributed by atoms with Gasteiger partial charge in [-0.2, -0.15) is 0 Å². The first-order valence-electron chi connectivity index (χ1n) is 7.28. The van der Waals surface area contributed by atoms with E-state index in [2.05, 4.69) is 24.0 Å². The number of carbonyl (C=O) groups excluding carboxylic acids is 1. The van der Waals surface area contributed by atoms with Gasteiger partial charge in [0.1, 0.15) is 0 Å². The summed E-state index contributed by atoms with van der Waals surface area (Å²) in [4.78, 5) is 20.0. The first-order chi connectivity index (χ1) is 10.2. The topological polar surface area (TPSA) is 36.1 Å². The summed E-state index contributed by atoms with van der Waals surface area (Å²) in [6.07, 6.45) is 3.67. The Balaban J connectivity index is 1.55. The Hall–Kier alpha value is -1.62. The number of aromatic amines is 1. The zero-order valence-corrected chi connectivity index (χ0v) is 12.6. The maximum atomic E-state index is 12.7. The minimum Gasteiger partial charge on any atom is -0.366 e. The van der Waals surface area contributed by atoms with Gasteiger partial charge in [-0.3, -0.25) is 9.18 Å². The maximum Gasteiger partial charge on any atom is 0.256 e. The molecule has 2 aromatic heterocycles. The van der Waals surface area contributed by atoms with Crippen molar-refractivity contribution < 1.29 is 9.18 Å². The fraction of sp³-hybridized carbons (Fsp3) is 0.438. The third-order valence-corrected chi connectivity index (χ3v) is 5.85. The number of hydrogen-bond acceptors (Lipinski definition) is 2. The van der Waals surface area contributed by atoms with Crippen molar-refractivity contribution in [2.45, 2.75) is 6.92 Å². The number of hydrogen-bond donors (Lipinski definition) is 1. The Morgan fingerprint density at radius 1 is 1.38 bits per heavy atom. The number of likely N-dealkylation sites (tertiary alicyclic amines) is 1. The summed E-state index contributed by atoms with van der Waals surface area (Å²) in [7, 11) is 0. The number of fused-ring (bicyclic) bond motifs is 1. The number of nitrogens with zero attached hydrogens (tertiary/aromatic N) is 1. The molecule has 21 heavy (non-hydrogen) atoms. The van der Waals surface area contributed by atoms with E-state index in [1.54, 1.807) is 17.5 Å². The van der Waals surface area contributed by atoms with Crippen LogP contribution in [0.5, 0.6) is 0 Å². The fourth-order valence-electron chi connectivity index (χ4n) is 3.54. The van der Waals surface area contributed by atoms with Gasteiger partial charge in [-0.15, -0.1) is 11.3 Å². The summed E-state index contributed by atoms with van der Waals surface area (Å²) in [5.74, 6) is 1.07. The zero-order valence-electron chi connectivity index (χ0n) is 11.8. The van der Waals surface area contributed by atoms with Gasteiger partial charge in [0.05, 0.1) is 12.2 Å². The van der Waals surface area contributed by atoms with Gasteiger partial charge in [0.2, 0.25) is 0 Å². The fourth-order valence-corrected chi connectivity index (χ4v) is 4.44. The summed E-state index contributed by atoms with van der Waals surface area (Å²) in [5.41, 5.74) is 1.70. The molecule has 2 fully saturated rings. The van der Waals surface area contributed by atoms with Crippen molar-refractivity contribution in [1.29, 1.82) is 0 Å². The smallest absolute Gasteiger partial charge is 0.256 e. The molecule has 0 spiro atoms. The predicted octanol–water partition coefficient (Wildman–Crippen LogP) is 3.34. The van der Waals surface area contributed by atoms with Gasteiger partial charge in [0.25, 0.3) is 5.91 Å². The number of rotatable bonds is 3. The van der Waals surface area contributed by atoms with Crippen LogP contribution in [0.2, 0.25) is 0 Å². The lowest BCUT2D eigenvalue weighted by atomic mass is 10.1. The van der Waals surface area contributed by atoms with E-state index in [-0.39, 0.29) is 18.5 Å². The molecule has 1 unspecified atom stereocenters. The minimum absolute atomic E-state index is 0.0714. The molecule has 1 saturated carbocycles. The molecule has 0 radical (unpaired) electrons. The van der Waals surface area contributed by atoms with Gasteiger partial charge in [-0.05, 0) is 36.8 Å². The van der Waals surface area contributed by atoms with E-state index in [0.717, 1.165) is 16.0 Å². The van der Waals surface area contributed by atoms with E-state index in [4.69, 9.17) is 0 Å². The normalized spacial score (nSPS) is 27.0. The maximum absolute atomic E-state index is 12.7. The third-order valence-electron chi connectivity index (χ3n) is 4.82. The molecule has 2 aliphatic rings. The van der Waals surface area contributed by atoms with Gasteiger partial charge < -0.3 is 9.88 Å². The SMILES string of the molecule is Cc1ccc(-c2c[nH]cc2C(=O)N2C[C@@H]3C(CF)[C@@H]3C2)s1. The minimum atomic E-state index is -0.235. The highest BCUT2D eigenvalue weighted by atomic mass is 32.1. The van der Waals surface area contributed by atoms with Crippen LogP contribution in [0.3, 0.4) is 0 Å². The molecule has 2 aromatic rings. The Morgan fingerprint density at radius 2 is 2.14 bits per heavy atom. The second kappa shape index (κ2) is 4.70. The van der Waals surface area contributed by atoms with Crippen LogP contribution in [0.25, 0.3) is 10.4 Å². The largest absolute Gasteiger partial charge is 0.366 e. The molecule has 1 aliphatic heterocycles. The lowest BCUT2D eigenvalue weighted by Gasteiger charge is -2.19. The van der Waals surface area contributed by atoms with Crippen LogP contribution in [0.1, 0.15) is 15.2 Å². The second-order valence-corrected chi connectivity index (χ2v) is 7.34. The highest BCUT2D eigenvalue weighted by molar-refractivity contribution is 7.15. The number of alkyl halides is 1. The summed E-state index contributed by atoms with van der Waals surface area (Å²) in [5, 5.41) is 0. The average molecular weight is 304 g/mol. The first-order valence-corrected chi connectivity index (χ1v) is 8.09. The Morgan fingerprint density at radius 3 is 2.76 bits per heavy atom. The number of aromatic nitrogens is 1. The van der Waals surface area contributed by atoms with E-state index >= 15 is 0 Å². The summed E-state index contributed by atoms with van der Waals surface area (Å²) in [6, 6.07) is 4.12. The monoisotopic (exact) mass is 304 g/mol. The van der Waals surface area contributed by atoms with Crippen LogP contribution in [-0.4, -0.2) is 35.6 Å². The molecule has 1 N–H and O–H groups in total. The first kappa shape index (κ1) is 13.1. The Labute approximate surface area is 126 Å². The molecule has 1 saturated heterocycles. The number of nitrogens with one attached hydrogen (secondary N) is 1. The van der Waals surface area contributed by atoms with E-state index in [0.29, 0.717) is 24.9 Å². The zero-order chi connectivity index (χ0) is 14.6. The molecule has 3 atom stereocenters. The highest BCUT2D eigenvalue weighted by Crippen LogP contribution is 2.52. The number of carbonyl (C=O) groups is 1. The second-order valence-electron chi connectivity index (χ2n) is 6.05. The van der Waals surface area contributed by atoms with Crippen molar-refractivity contribution in [2.24, 2.45) is 17.8 Å². The summed E-state index contributed by atoms with van der Waals surface area (Å²) in [6.45, 7) is 3.26. The van der Waals surface area contributed by atoms with Gasteiger partial charge >= 0.3 is 0 Å². The molecule has 0 bridgehead atoms. The van der Waals surface area contributed by atoms with Gasteiger partial charge in [-0.25, -0.2) is 0 Å². The van der Waals surface area contributed by atoms with Gasteiger partial charge in [0, 0.05) is 40.8 Å². The molecule has 1 amide bonds. The molecular formula is C16H17FN2OS. The molecule has 4 rings (SSSR count). The van der Waals surface area contributed by atoms with E-state index in [9.17, 15) is 9.18 Å². The van der Waals surface area contributed by atoms with Crippen LogP contribution < -0.4 is 0 Å². The van der Waals surface area contributed by atoms with Crippen molar-refractivity contribution in [3.63, 3.8) is 0 Å². The van der Waals surface area contributed by atoms with Crippen LogP contribution >= 0.6 is 11.3 Å². The Bertz CT molecular complexity index is 680. The van der Waals surface area contributed by atoms with Crippen LogP contribution in [0.15, 0.2) is 24.5 Å². The third kappa shape index (κ3) is 2.02. The highest BCUT2D eigenvalue weighted by Gasteiger charge is 2.56. The molecule has 3 nitrogen and oxygen atoms in total. The average Bonchev–Trinajstić information content (AvgIpc) is 2.98. The number of H-pyrrole nitrogens is 1. The van der Waals surface area contributed by atoms with Crippen LogP contribution in [0, 0.1) is 24.7 Å². The van der Waals surface area contributed by atoms with Gasteiger partial charge in [0.15, 0.2) is 0 Å². The van der Waals surface area contributed by atoms with E-state index in [1.165, 1.54) is 4.88 Å². The Kier molecular flexibility index (Phi) is 2.92. The van der Waals surface area contributed by atoms with Crippen molar-refractivity contribution in [2.75, 3.05) is 19.8 Å². The molecule has 5 heteroatoms. The van der Waals surface area contributed by atoms with Crippen LogP contribution in [-0.2, 0) is 0 Å². The lowest BCUT2D eigenvalue weighted by molar-refractivity contribution is 0.0766. The standard InChI is InChI=1S/C16H17FN2OS/c1-9-2-3-15(21-9)11-5-18-6-12(11)16(20)19-7-13-10(4-17)14(13)8-19/h2-3,5-6,10,13-14,18H,4,7-8H2,1H3/t10?,13-,14+. The number of aryl methyl sites for hydroxylation is 1. The lowest BCUT2D eigenvalue weighted by Crippen LogP contribution is -2.31. The number of thiophene rings is 1. The molecule has 3 heterocycles. The van der Waals surface area contributed by atoms with Crippen LogP contribution in [0.4, 0.5) is 4.39 Å². The molecule has 110 valence electrons. The number of piperidine rings is 1. The molecule has 0 aromatic carbocycles. The number of amides is 1. The number of halogens is 1. The van der Waals surface area contributed by atoms with Crippen molar-refractivity contribution in [3.05, 3.63) is 35.0 Å². The summed E-state index contributed by atoms with van der Waals surface area (Å²) < 4.78 is 12.7. The summed E-state index contributed by atoms with van der Waals surface area (Å²) >= 11 is 1.69. The van der Waals surface area contributed by atoms with E-state index in [1.807, 2.05) is 11.1 Å². The molecular weight excluding hydrogens is 287 g/mol. The van der Waals surface area contributed by atoms with E-state index < -0.39 is 0 Å². The van der Waals surface area contributed by atoms with Crippen molar-refractivity contribution >= 4 is 17.2 Å². The molecule has 1 aliphatic carbocycles. The van der Waals surface area contributed by atoms with Crippen molar-refractivity contribution in [3.8, 4) is 10.4 Å².